The minimum Gasteiger partial charge on any atom is -0.444 e. The van der Waals surface area contributed by atoms with E-state index in [4.69, 9.17) is 10.5 Å². The maximum Gasteiger partial charge on any atom is 0.407 e. The first-order valence-electron chi connectivity index (χ1n) is 10.3. The van der Waals surface area contributed by atoms with Gasteiger partial charge in [0.05, 0.1) is 9.88 Å². The topological polar surface area (TPSA) is 77.2 Å². The average Bonchev–Trinajstić information content (AvgIpc) is 3.17. The highest BCUT2D eigenvalue weighted by Crippen LogP contribution is 2.14. The quantitative estimate of drug-likeness (QED) is 0.498. The van der Waals surface area contributed by atoms with Crippen molar-refractivity contribution in [3.8, 4) is 0 Å². The van der Waals surface area contributed by atoms with Gasteiger partial charge < -0.3 is 15.8 Å². The lowest BCUT2D eigenvalue weighted by Gasteiger charge is -2.21. The zero-order chi connectivity index (χ0) is 21.2. The molecule has 158 valence electrons. The van der Waals surface area contributed by atoms with Crippen LogP contribution in [0.4, 0.5) is 4.79 Å². The first kappa shape index (κ1) is 22.0. The number of alkyl carbamates (subject to hydrolysis) is 1. The number of aromatic nitrogens is 1. The molecule has 0 radical (unpaired) electrons. The molecular weight excluding hydrogens is 394 g/mol. The number of nitrogens with one attached hydrogen (secondary N) is 1. The van der Waals surface area contributed by atoms with Crippen molar-refractivity contribution in [3.63, 3.8) is 0 Å². The van der Waals surface area contributed by atoms with Gasteiger partial charge >= 0.3 is 6.09 Å². The molecule has 5 nitrogen and oxygen atoms in total. The molecule has 1 heterocycles. The number of benzene rings is 2. The molecule has 2 unspecified atom stereocenters. The Kier molecular flexibility index (Phi) is 8.41. The number of nitrogens with zero attached hydrogens (tertiary/aromatic N) is 1. The molecule has 2 aromatic carbocycles. The summed E-state index contributed by atoms with van der Waals surface area (Å²) >= 11 is 1.53. The van der Waals surface area contributed by atoms with E-state index in [-0.39, 0.29) is 18.7 Å². The Hall–Kier alpha value is -2.70. The van der Waals surface area contributed by atoms with Gasteiger partial charge in [0.15, 0.2) is 0 Å². The van der Waals surface area contributed by atoms with Gasteiger partial charge in [-0.1, -0.05) is 60.7 Å². The fourth-order valence-corrected chi connectivity index (χ4v) is 4.08. The van der Waals surface area contributed by atoms with E-state index >= 15 is 0 Å². The molecule has 3 aromatic rings. The molecule has 1 aromatic heterocycles. The Morgan fingerprint density at radius 2 is 1.67 bits per heavy atom. The van der Waals surface area contributed by atoms with E-state index < -0.39 is 6.09 Å². The lowest BCUT2D eigenvalue weighted by molar-refractivity contribution is 0.135. The van der Waals surface area contributed by atoms with Crippen LogP contribution in [-0.2, 0) is 24.2 Å². The largest absolute Gasteiger partial charge is 0.444 e. The maximum absolute atomic E-state index is 12.4. The smallest absolute Gasteiger partial charge is 0.407 e. The molecule has 0 fully saturated rings. The maximum atomic E-state index is 12.4. The van der Waals surface area contributed by atoms with Crippen molar-refractivity contribution in [2.75, 3.05) is 0 Å². The van der Waals surface area contributed by atoms with Gasteiger partial charge in [0.1, 0.15) is 6.61 Å². The first-order valence-corrected chi connectivity index (χ1v) is 11.1. The van der Waals surface area contributed by atoms with Gasteiger partial charge in [-0.15, -0.1) is 11.3 Å². The SMILES string of the molecule is Cc1ncc(COC(=O)NC(CCC(N)Cc2ccccc2)Cc2ccccc2)s1. The molecule has 30 heavy (non-hydrogen) atoms. The lowest BCUT2D eigenvalue weighted by Crippen LogP contribution is -2.38. The highest BCUT2D eigenvalue weighted by atomic mass is 32.1. The normalized spacial score (nSPS) is 12.9. The molecule has 0 spiro atoms. The Morgan fingerprint density at radius 1 is 1.03 bits per heavy atom. The molecule has 3 rings (SSSR count). The predicted molar refractivity (Wildman–Crippen MR) is 121 cm³/mol. The third-order valence-corrected chi connectivity index (χ3v) is 5.77. The number of thiazole rings is 1. The van der Waals surface area contributed by atoms with Gasteiger partial charge in [0.25, 0.3) is 0 Å². The van der Waals surface area contributed by atoms with E-state index in [1.807, 2.05) is 43.3 Å². The Balaban J connectivity index is 1.53. The van der Waals surface area contributed by atoms with Crippen molar-refractivity contribution in [1.29, 1.82) is 0 Å². The third-order valence-electron chi connectivity index (χ3n) is 4.89. The summed E-state index contributed by atoms with van der Waals surface area (Å²) in [5.41, 5.74) is 8.78. The fraction of sp³-hybridized carbons (Fsp3) is 0.333. The van der Waals surface area contributed by atoms with Gasteiger partial charge in [0.2, 0.25) is 0 Å². The number of nitrogens with two attached hydrogens (primary N) is 1. The highest BCUT2D eigenvalue weighted by Gasteiger charge is 2.16. The monoisotopic (exact) mass is 423 g/mol. The molecule has 0 bridgehead atoms. The second kappa shape index (κ2) is 11.5. The molecule has 1 amide bonds. The number of amides is 1. The number of ether oxygens (including phenoxy) is 1. The Labute approximate surface area is 182 Å². The van der Waals surface area contributed by atoms with Crippen molar-refractivity contribution in [2.45, 2.75) is 51.3 Å². The summed E-state index contributed by atoms with van der Waals surface area (Å²) in [6.07, 6.45) is 4.52. The number of carbonyl (C=O) groups excluding carboxylic acids is 1. The minimum atomic E-state index is -0.404. The fourth-order valence-electron chi connectivity index (χ4n) is 3.38. The van der Waals surface area contributed by atoms with Gasteiger partial charge in [0, 0.05) is 18.3 Å². The second-order valence-corrected chi connectivity index (χ2v) is 8.80. The summed E-state index contributed by atoms with van der Waals surface area (Å²) in [6.45, 7) is 2.17. The van der Waals surface area contributed by atoms with Crippen LogP contribution in [0, 0.1) is 6.92 Å². The van der Waals surface area contributed by atoms with Crippen LogP contribution in [0.5, 0.6) is 0 Å². The van der Waals surface area contributed by atoms with Crippen LogP contribution in [0.1, 0.15) is 33.9 Å². The number of hydrogen-bond donors (Lipinski definition) is 2. The molecular formula is C24H29N3O2S. The van der Waals surface area contributed by atoms with Crippen molar-refractivity contribution in [2.24, 2.45) is 5.73 Å². The van der Waals surface area contributed by atoms with Crippen molar-refractivity contribution >= 4 is 17.4 Å². The summed E-state index contributed by atoms with van der Waals surface area (Å²) in [7, 11) is 0. The van der Waals surface area contributed by atoms with E-state index in [1.165, 1.54) is 22.5 Å². The van der Waals surface area contributed by atoms with Crippen molar-refractivity contribution in [3.05, 3.63) is 87.9 Å². The number of hydrogen-bond acceptors (Lipinski definition) is 5. The number of carbonyl (C=O) groups is 1. The lowest BCUT2D eigenvalue weighted by atomic mass is 9.96. The third kappa shape index (κ3) is 7.61. The summed E-state index contributed by atoms with van der Waals surface area (Å²) in [5, 5.41) is 3.99. The first-order chi connectivity index (χ1) is 14.6. The Bertz CT molecular complexity index is 899. The van der Waals surface area contributed by atoms with Crippen LogP contribution in [0.15, 0.2) is 66.9 Å². The number of rotatable bonds is 10. The van der Waals surface area contributed by atoms with Crippen LogP contribution < -0.4 is 11.1 Å². The van der Waals surface area contributed by atoms with Gasteiger partial charge in [-0.2, -0.15) is 0 Å². The highest BCUT2D eigenvalue weighted by molar-refractivity contribution is 7.11. The average molecular weight is 424 g/mol. The summed E-state index contributed by atoms with van der Waals surface area (Å²) in [4.78, 5) is 17.5. The van der Waals surface area contributed by atoms with Gasteiger partial charge in [-0.25, -0.2) is 9.78 Å². The molecule has 3 N–H and O–H groups in total. The molecule has 2 atom stereocenters. The standard InChI is InChI=1S/C24H29N3O2S/c1-18-26-16-23(30-18)17-29-24(28)27-22(15-20-10-6-3-7-11-20)13-12-21(25)14-19-8-4-2-5-9-19/h2-11,16,21-22H,12-15,17,25H2,1H3,(H,27,28). The van der Waals surface area contributed by atoms with Crippen LogP contribution in [0.3, 0.4) is 0 Å². The molecule has 0 saturated carbocycles. The van der Waals surface area contributed by atoms with E-state index in [0.717, 1.165) is 35.6 Å². The van der Waals surface area contributed by atoms with Crippen molar-refractivity contribution in [1.82, 2.24) is 10.3 Å². The second-order valence-electron chi connectivity index (χ2n) is 7.48. The Morgan fingerprint density at radius 3 is 2.27 bits per heavy atom. The van der Waals surface area contributed by atoms with E-state index in [1.54, 1.807) is 6.20 Å². The minimum absolute atomic E-state index is 0.0371. The van der Waals surface area contributed by atoms with Crippen molar-refractivity contribution < 1.29 is 9.53 Å². The van der Waals surface area contributed by atoms with Crippen LogP contribution in [0.25, 0.3) is 0 Å². The van der Waals surface area contributed by atoms with E-state index in [0.29, 0.717) is 0 Å². The zero-order valence-corrected chi connectivity index (χ0v) is 18.1. The molecule has 0 aliphatic rings. The van der Waals surface area contributed by atoms with Gasteiger partial charge in [-0.3, -0.25) is 0 Å². The van der Waals surface area contributed by atoms with Crippen LogP contribution in [-0.4, -0.2) is 23.2 Å². The predicted octanol–water partition coefficient (Wildman–Crippen LogP) is 4.64. The van der Waals surface area contributed by atoms with E-state index in [9.17, 15) is 4.79 Å². The van der Waals surface area contributed by atoms with Crippen LogP contribution >= 0.6 is 11.3 Å². The number of aryl methyl sites for hydroxylation is 1. The molecule has 0 saturated heterocycles. The summed E-state index contributed by atoms with van der Waals surface area (Å²) < 4.78 is 5.40. The van der Waals surface area contributed by atoms with Gasteiger partial charge in [-0.05, 0) is 43.7 Å². The molecule has 0 aliphatic heterocycles. The summed E-state index contributed by atoms with van der Waals surface area (Å²) in [5.74, 6) is 0. The van der Waals surface area contributed by atoms with Crippen LogP contribution in [0.2, 0.25) is 0 Å². The zero-order valence-electron chi connectivity index (χ0n) is 17.3. The molecule has 0 aliphatic carbocycles. The molecule has 6 heteroatoms. The summed E-state index contributed by atoms with van der Waals surface area (Å²) in [6, 6.07) is 20.4. The van der Waals surface area contributed by atoms with E-state index in [2.05, 4.69) is 34.6 Å².